The summed E-state index contributed by atoms with van der Waals surface area (Å²) in [5, 5.41) is 0.601. The molecule has 0 nitrogen and oxygen atoms in total. The van der Waals surface area contributed by atoms with Gasteiger partial charge in [0.1, 0.15) is 0 Å². The van der Waals surface area contributed by atoms with Gasteiger partial charge in [-0.3, -0.25) is 0 Å². The molecule has 2 radical (unpaired) electrons. The summed E-state index contributed by atoms with van der Waals surface area (Å²) < 4.78 is 3.20. The van der Waals surface area contributed by atoms with E-state index in [9.17, 15) is 0 Å². The average molecular weight is 459 g/mol. The number of fused-ring (bicyclic) bond motifs is 3. The molecule has 1 aliphatic heterocycles. The number of halogens is 2. The first kappa shape index (κ1) is 12.9. The summed E-state index contributed by atoms with van der Waals surface area (Å²) in [4.78, 5) is 0. The van der Waals surface area contributed by atoms with Crippen LogP contribution in [0.1, 0.15) is 19.8 Å². The van der Waals surface area contributed by atoms with E-state index >= 15 is 0 Å². The molecule has 2 aliphatic carbocycles. The van der Waals surface area contributed by atoms with Crippen LogP contribution in [0.5, 0.6) is 0 Å². The van der Waals surface area contributed by atoms with Crippen LogP contribution in [0.2, 0.25) is 6.32 Å². The third-order valence-electron chi connectivity index (χ3n) is 4.93. The molecule has 0 aromatic rings. The summed E-state index contributed by atoms with van der Waals surface area (Å²) in [6.07, 6.45) is 3.58. The van der Waals surface area contributed by atoms with Crippen LogP contribution in [0.15, 0.2) is 0 Å². The van der Waals surface area contributed by atoms with Crippen LogP contribution >= 0.6 is 35.2 Å². The Morgan fingerprint density at radius 1 is 1.50 bits per heavy atom. The molecule has 3 aliphatic rings. The molecule has 0 N–H and O–H groups in total. The van der Waals surface area contributed by atoms with Crippen molar-refractivity contribution in [1.82, 2.24) is 0 Å². The molecule has 8 atom stereocenters. The van der Waals surface area contributed by atoms with E-state index in [0.717, 1.165) is 33.9 Å². The standard InChI is InChI=1S/C12H18BI2S/c1-5-6(2-3-13)12(16)10(14)9-7(5)4-8-11(9)15-8/h5-12,16H,2-4H2,1H3/q-1/t5-,6?,7?,8+,9?,10?,11?,12?/m1/s1. The van der Waals surface area contributed by atoms with Crippen molar-refractivity contribution in [3.63, 3.8) is 0 Å². The Morgan fingerprint density at radius 3 is 2.94 bits per heavy atom. The number of hydrogen-bond donors (Lipinski definition) is 1. The van der Waals surface area contributed by atoms with Crippen LogP contribution in [0, 0.1) is 23.7 Å². The van der Waals surface area contributed by atoms with Crippen LogP contribution in [0.25, 0.3) is 0 Å². The molecule has 0 bridgehead atoms. The van der Waals surface area contributed by atoms with Gasteiger partial charge in [-0.05, 0) is 0 Å². The molecular weight excluding hydrogens is 441 g/mol. The van der Waals surface area contributed by atoms with Crippen molar-refractivity contribution in [3.8, 4) is 0 Å². The summed E-state index contributed by atoms with van der Waals surface area (Å²) in [5.74, 6) is 3.70. The Balaban J connectivity index is 1.81. The molecule has 4 heteroatoms. The molecule has 2 saturated carbocycles. The van der Waals surface area contributed by atoms with E-state index in [0.29, 0.717) is 26.5 Å². The minimum absolute atomic E-state index is 0.600. The summed E-state index contributed by atoms with van der Waals surface area (Å²) in [6, 6.07) is 0. The molecule has 0 amide bonds. The molecule has 6 unspecified atom stereocenters. The summed E-state index contributed by atoms with van der Waals surface area (Å²) in [6.45, 7) is 2.48. The molecule has 1 saturated heterocycles. The van der Waals surface area contributed by atoms with Crippen molar-refractivity contribution in [2.45, 2.75) is 43.1 Å². The maximum atomic E-state index is 5.77. The van der Waals surface area contributed by atoms with Gasteiger partial charge in [0.25, 0.3) is 0 Å². The summed E-state index contributed by atoms with van der Waals surface area (Å²) in [5.41, 5.74) is 0. The van der Waals surface area contributed by atoms with E-state index in [1.165, 1.54) is 14.3 Å². The second-order valence-electron chi connectivity index (χ2n) is 5.60. The molecule has 3 fully saturated rings. The number of rotatable bonds is 2. The molecule has 1 heterocycles. The molecular formula is C12H18BI2S-. The fourth-order valence-electron chi connectivity index (χ4n) is 4.00. The Kier molecular flexibility index (Phi) is 3.84. The number of thiol groups is 1. The topological polar surface area (TPSA) is 0 Å². The Labute approximate surface area is 130 Å². The Hall–Kier alpha value is 1.87. The fraction of sp³-hybridized carbons (Fsp3) is 1.00. The Bertz CT molecular complexity index is 286. The van der Waals surface area contributed by atoms with Gasteiger partial charge in [0.05, 0.1) is 0 Å². The quantitative estimate of drug-likeness (QED) is 0.252. The minimum atomic E-state index is 0.600. The van der Waals surface area contributed by atoms with Crippen LogP contribution in [-0.4, -0.2) is 24.9 Å². The first-order valence-corrected chi connectivity index (χ1v) is 10.5. The third kappa shape index (κ3) is 1.91. The predicted molar refractivity (Wildman–Crippen MR) is 77.6 cm³/mol. The SMILES string of the molecule is [B]CCC1C(S)C(I)C2C(C[C@@H]3[I-]C23)[C@@H]1C. The fourth-order valence-corrected chi connectivity index (χ4v) is 10.9. The van der Waals surface area contributed by atoms with Crippen LogP contribution in [-0.2, 0) is 0 Å². The van der Waals surface area contributed by atoms with Gasteiger partial charge in [-0.2, -0.15) is 0 Å². The van der Waals surface area contributed by atoms with Crippen LogP contribution in [0.4, 0.5) is 0 Å². The summed E-state index contributed by atoms with van der Waals surface area (Å²) in [7, 11) is 5.77. The van der Waals surface area contributed by atoms with Gasteiger partial charge in [-0.15, -0.1) is 0 Å². The number of hydrogen-bond acceptors (Lipinski definition) is 1. The van der Waals surface area contributed by atoms with Gasteiger partial charge < -0.3 is 0 Å². The van der Waals surface area contributed by atoms with E-state index in [2.05, 4.69) is 29.5 Å². The zero-order valence-electron chi connectivity index (χ0n) is 9.52. The van der Waals surface area contributed by atoms with Gasteiger partial charge in [-0.25, -0.2) is 0 Å². The monoisotopic (exact) mass is 459 g/mol. The molecule has 16 heavy (non-hydrogen) atoms. The molecule has 3 rings (SSSR count). The van der Waals surface area contributed by atoms with Gasteiger partial charge in [-0.1, -0.05) is 0 Å². The first-order valence-electron chi connectivity index (χ1n) is 6.29. The van der Waals surface area contributed by atoms with Crippen molar-refractivity contribution < 1.29 is 21.2 Å². The third-order valence-corrected chi connectivity index (χ3v) is 11.7. The van der Waals surface area contributed by atoms with Crippen molar-refractivity contribution in [3.05, 3.63) is 0 Å². The second kappa shape index (κ2) is 4.76. The average Bonchev–Trinajstić information content (AvgIpc) is 2.93. The summed E-state index contributed by atoms with van der Waals surface area (Å²) >= 11 is 8.24. The maximum absolute atomic E-state index is 5.77. The van der Waals surface area contributed by atoms with Gasteiger partial charge in [0, 0.05) is 0 Å². The van der Waals surface area contributed by atoms with Crippen molar-refractivity contribution in [1.29, 1.82) is 0 Å². The first-order chi connectivity index (χ1) is 7.65. The van der Waals surface area contributed by atoms with Gasteiger partial charge in [0.15, 0.2) is 0 Å². The van der Waals surface area contributed by atoms with Crippen molar-refractivity contribution in [2.75, 3.05) is 0 Å². The zero-order valence-corrected chi connectivity index (χ0v) is 14.7. The molecule has 0 spiro atoms. The van der Waals surface area contributed by atoms with Crippen LogP contribution < -0.4 is 21.2 Å². The normalized spacial score (nSPS) is 59.7. The Morgan fingerprint density at radius 2 is 2.25 bits per heavy atom. The van der Waals surface area contributed by atoms with Crippen LogP contribution in [0.3, 0.4) is 0 Å². The van der Waals surface area contributed by atoms with Crippen molar-refractivity contribution >= 4 is 43.1 Å². The van der Waals surface area contributed by atoms with Crippen molar-refractivity contribution in [2.24, 2.45) is 23.7 Å². The van der Waals surface area contributed by atoms with Gasteiger partial charge >= 0.3 is 131 Å². The molecule has 90 valence electrons. The molecule has 0 aromatic heterocycles. The number of alkyl halides is 3. The van der Waals surface area contributed by atoms with E-state index in [4.69, 9.17) is 20.5 Å². The molecule has 0 aromatic carbocycles. The van der Waals surface area contributed by atoms with E-state index < -0.39 is 0 Å². The zero-order chi connectivity index (χ0) is 11.4. The van der Waals surface area contributed by atoms with E-state index in [1.54, 1.807) is 6.42 Å². The van der Waals surface area contributed by atoms with E-state index in [1.807, 2.05) is 0 Å². The second-order valence-corrected chi connectivity index (χ2v) is 11.4. The predicted octanol–water partition coefficient (Wildman–Crippen LogP) is -0.193. The van der Waals surface area contributed by atoms with E-state index in [-0.39, 0.29) is 0 Å². The van der Waals surface area contributed by atoms with Gasteiger partial charge in [0.2, 0.25) is 0 Å².